The monoisotopic (exact) mass is 447 g/mol. The first-order valence-corrected chi connectivity index (χ1v) is 10.7. The van der Waals surface area contributed by atoms with E-state index in [1.54, 1.807) is 0 Å². The van der Waals surface area contributed by atoms with Gasteiger partial charge in [0.1, 0.15) is 24.7 Å². The van der Waals surface area contributed by atoms with E-state index in [4.69, 9.17) is 9.15 Å². The molecule has 12 heteroatoms. The lowest BCUT2D eigenvalue weighted by Gasteiger charge is -2.17. The van der Waals surface area contributed by atoms with Crippen molar-refractivity contribution in [3.63, 3.8) is 0 Å². The maximum atomic E-state index is 14.1. The molecular formula is C20H26FN7O4. The van der Waals surface area contributed by atoms with E-state index < -0.39 is 30.7 Å². The van der Waals surface area contributed by atoms with Gasteiger partial charge in [0, 0.05) is 5.41 Å². The van der Waals surface area contributed by atoms with Gasteiger partial charge in [0.2, 0.25) is 11.8 Å². The van der Waals surface area contributed by atoms with Gasteiger partial charge in [-0.2, -0.15) is 0 Å². The summed E-state index contributed by atoms with van der Waals surface area (Å²) < 4.78 is 27.2. The van der Waals surface area contributed by atoms with Crippen molar-refractivity contribution < 1.29 is 23.8 Å². The fourth-order valence-corrected chi connectivity index (χ4v) is 4.14. The third-order valence-corrected chi connectivity index (χ3v) is 5.95. The van der Waals surface area contributed by atoms with Crippen LogP contribution in [0.1, 0.15) is 64.1 Å². The molecule has 1 saturated carbocycles. The maximum absolute atomic E-state index is 14.1. The molecule has 0 spiro atoms. The summed E-state index contributed by atoms with van der Waals surface area (Å²) in [6.45, 7) is 5.77. The number of aromatic nitrogens is 6. The average Bonchev–Trinajstić information content (AvgIpc) is 3.51. The van der Waals surface area contributed by atoms with Crippen molar-refractivity contribution in [3.8, 4) is 0 Å². The van der Waals surface area contributed by atoms with E-state index in [1.165, 1.54) is 17.2 Å². The Morgan fingerprint density at radius 3 is 2.62 bits per heavy atom. The van der Waals surface area contributed by atoms with Gasteiger partial charge in [-0.1, -0.05) is 20.8 Å². The van der Waals surface area contributed by atoms with Crippen LogP contribution in [0.2, 0.25) is 0 Å². The van der Waals surface area contributed by atoms with Gasteiger partial charge in [-0.3, -0.25) is 4.57 Å². The quantitative estimate of drug-likeness (QED) is 0.541. The minimum atomic E-state index is -1.30. The third-order valence-electron chi connectivity index (χ3n) is 5.95. The molecular weight excluding hydrogens is 421 g/mol. The van der Waals surface area contributed by atoms with Crippen molar-refractivity contribution in [3.05, 3.63) is 24.4 Å². The molecule has 0 radical (unpaired) electrons. The fourth-order valence-electron chi connectivity index (χ4n) is 4.14. The van der Waals surface area contributed by atoms with Gasteiger partial charge >= 0.3 is 0 Å². The number of fused-ring (bicyclic) bond motifs is 1. The number of rotatable bonds is 4. The van der Waals surface area contributed by atoms with E-state index in [-0.39, 0.29) is 17.3 Å². The molecule has 2 aliphatic rings. The second kappa shape index (κ2) is 7.71. The summed E-state index contributed by atoms with van der Waals surface area (Å²) in [6.07, 6.45) is -0.692. The lowest BCUT2D eigenvalue weighted by Crippen LogP contribution is -2.29. The summed E-state index contributed by atoms with van der Waals surface area (Å²) in [6, 6.07) is -0.327. The van der Waals surface area contributed by atoms with Crippen molar-refractivity contribution in [2.45, 2.75) is 82.2 Å². The highest BCUT2D eigenvalue weighted by Crippen LogP contribution is 2.40. The fraction of sp³-hybridized carbons (Fsp3) is 0.650. The molecule has 3 N–H and O–H groups in total. The van der Waals surface area contributed by atoms with E-state index in [1.807, 2.05) is 20.8 Å². The SMILES string of the molecule is CC(C)(C)c1nnc([C@H]2O[C@@H](n3cnc4c(N[C@@H]5CCC[C@H]5F)ncnc43)[C@H](O)[C@@H]2O)o1. The second-order valence-corrected chi connectivity index (χ2v) is 9.37. The highest BCUT2D eigenvalue weighted by Gasteiger charge is 2.48. The molecule has 1 saturated heterocycles. The van der Waals surface area contributed by atoms with Crippen LogP contribution < -0.4 is 5.32 Å². The zero-order valence-electron chi connectivity index (χ0n) is 18.0. The van der Waals surface area contributed by atoms with Crippen LogP contribution in [0, 0.1) is 0 Å². The summed E-state index contributed by atoms with van der Waals surface area (Å²) >= 11 is 0. The molecule has 5 rings (SSSR count). The van der Waals surface area contributed by atoms with Crippen LogP contribution in [-0.2, 0) is 10.2 Å². The topological polar surface area (TPSA) is 144 Å². The summed E-state index contributed by atoms with van der Waals surface area (Å²) in [4.78, 5) is 12.8. The summed E-state index contributed by atoms with van der Waals surface area (Å²) in [5, 5.41) is 32.5. The van der Waals surface area contributed by atoms with E-state index in [9.17, 15) is 14.6 Å². The summed E-state index contributed by atoms with van der Waals surface area (Å²) in [5.41, 5.74) is 0.438. The standard InChI is InChI=1S/C20H26FN7O4/c1-20(2,3)19-27-26-17(32-19)14-12(29)13(30)18(31-14)28-8-24-11-15(22-7-23-16(11)28)25-10-6-4-5-9(10)21/h7-10,12-14,18,29-30H,4-6H2,1-3H3,(H,22,23,25)/t9-,10-,12+,13-,14+,18-/m1/s1. The molecule has 0 bridgehead atoms. The molecule has 0 unspecified atom stereocenters. The number of aliphatic hydroxyl groups is 2. The van der Waals surface area contributed by atoms with Gasteiger partial charge in [0.15, 0.2) is 29.3 Å². The number of nitrogens with zero attached hydrogens (tertiary/aromatic N) is 6. The van der Waals surface area contributed by atoms with Gasteiger partial charge in [0.25, 0.3) is 0 Å². The van der Waals surface area contributed by atoms with E-state index in [2.05, 4.69) is 30.5 Å². The first-order valence-electron chi connectivity index (χ1n) is 10.7. The highest BCUT2D eigenvalue weighted by molar-refractivity contribution is 5.82. The summed E-state index contributed by atoms with van der Waals surface area (Å²) in [5.74, 6) is 0.899. The van der Waals surface area contributed by atoms with Crippen molar-refractivity contribution >= 4 is 17.0 Å². The predicted molar refractivity (Wildman–Crippen MR) is 109 cm³/mol. The van der Waals surface area contributed by atoms with Crippen molar-refractivity contribution in [2.24, 2.45) is 0 Å². The lowest BCUT2D eigenvalue weighted by molar-refractivity contribution is -0.0441. The zero-order chi connectivity index (χ0) is 22.6. The molecule has 3 aromatic rings. The number of alkyl halides is 1. The molecule has 6 atom stereocenters. The van der Waals surface area contributed by atoms with Crippen LogP contribution in [0.4, 0.5) is 10.2 Å². The number of ether oxygens (including phenoxy) is 1. The Morgan fingerprint density at radius 1 is 1.12 bits per heavy atom. The molecule has 0 amide bonds. The molecule has 4 heterocycles. The molecule has 1 aliphatic heterocycles. The Balaban J connectivity index is 1.43. The van der Waals surface area contributed by atoms with Gasteiger partial charge in [-0.15, -0.1) is 10.2 Å². The molecule has 11 nitrogen and oxygen atoms in total. The first-order chi connectivity index (χ1) is 15.2. The largest absolute Gasteiger partial charge is 0.422 e. The number of hydrogen-bond acceptors (Lipinski definition) is 10. The van der Waals surface area contributed by atoms with Crippen LogP contribution in [-0.4, -0.2) is 64.4 Å². The van der Waals surface area contributed by atoms with Crippen molar-refractivity contribution in [2.75, 3.05) is 5.32 Å². The third kappa shape index (κ3) is 3.51. The number of imidazole rings is 1. The van der Waals surface area contributed by atoms with Gasteiger partial charge in [0.05, 0.1) is 12.4 Å². The predicted octanol–water partition coefficient (Wildman–Crippen LogP) is 1.80. The Labute approximate surface area is 183 Å². The first kappa shape index (κ1) is 21.2. The molecule has 3 aromatic heterocycles. The highest BCUT2D eigenvalue weighted by atomic mass is 19.1. The van der Waals surface area contributed by atoms with Gasteiger partial charge in [-0.25, -0.2) is 19.3 Å². The molecule has 0 aromatic carbocycles. The lowest BCUT2D eigenvalue weighted by atomic mass is 9.97. The molecule has 172 valence electrons. The molecule has 32 heavy (non-hydrogen) atoms. The number of halogens is 1. The number of anilines is 1. The van der Waals surface area contributed by atoms with Gasteiger partial charge < -0.3 is 24.7 Å². The second-order valence-electron chi connectivity index (χ2n) is 9.37. The smallest absolute Gasteiger partial charge is 0.248 e. The van der Waals surface area contributed by atoms with Crippen LogP contribution in [0.15, 0.2) is 17.1 Å². The van der Waals surface area contributed by atoms with Crippen LogP contribution in [0.25, 0.3) is 11.2 Å². The number of aliphatic hydroxyl groups excluding tert-OH is 2. The Hall–Kier alpha value is -2.70. The number of hydrogen-bond donors (Lipinski definition) is 3. The van der Waals surface area contributed by atoms with Crippen molar-refractivity contribution in [1.82, 2.24) is 29.7 Å². The minimum absolute atomic E-state index is 0.0839. The normalized spacial score (nSPS) is 30.9. The van der Waals surface area contributed by atoms with Crippen LogP contribution in [0.3, 0.4) is 0 Å². The Kier molecular flexibility index (Phi) is 5.10. The van der Waals surface area contributed by atoms with E-state index >= 15 is 0 Å². The Morgan fingerprint density at radius 2 is 1.94 bits per heavy atom. The molecule has 1 aliphatic carbocycles. The van der Waals surface area contributed by atoms with Gasteiger partial charge in [-0.05, 0) is 19.3 Å². The average molecular weight is 447 g/mol. The molecule has 2 fully saturated rings. The zero-order valence-corrected chi connectivity index (χ0v) is 18.0. The maximum Gasteiger partial charge on any atom is 0.248 e. The van der Waals surface area contributed by atoms with Crippen molar-refractivity contribution in [1.29, 1.82) is 0 Å². The summed E-state index contributed by atoms with van der Waals surface area (Å²) in [7, 11) is 0. The number of nitrogens with one attached hydrogen (secondary N) is 1. The van der Waals surface area contributed by atoms with Crippen LogP contribution in [0.5, 0.6) is 0 Å². The van der Waals surface area contributed by atoms with Crippen LogP contribution >= 0.6 is 0 Å². The van der Waals surface area contributed by atoms with E-state index in [0.29, 0.717) is 35.7 Å². The Bertz CT molecular complexity index is 1110. The van der Waals surface area contributed by atoms with E-state index in [0.717, 1.165) is 6.42 Å². The minimum Gasteiger partial charge on any atom is -0.422 e.